The van der Waals surface area contributed by atoms with Crippen LogP contribution in [0.3, 0.4) is 0 Å². The van der Waals surface area contributed by atoms with Crippen molar-refractivity contribution in [3.05, 3.63) is 0 Å². The Hall–Kier alpha value is -0.260. The Morgan fingerprint density at radius 2 is 2.12 bits per heavy atom. The lowest BCUT2D eigenvalue weighted by molar-refractivity contribution is -0.119. The molecule has 5 heteroatoms. The van der Waals surface area contributed by atoms with E-state index in [0.29, 0.717) is 17.5 Å². The Labute approximate surface area is 108 Å². The minimum atomic E-state index is -0.442. The summed E-state index contributed by atoms with van der Waals surface area (Å²) >= 11 is 1.73. The second kappa shape index (κ2) is 7.95. The lowest BCUT2D eigenvalue weighted by Gasteiger charge is -2.22. The molecule has 1 rings (SSSR count). The number of aliphatic hydroxyl groups is 1. The summed E-state index contributed by atoms with van der Waals surface area (Å²) < 4.78 is 0. The normalized spacial score (nSPS) is 19.3. The van der Waals surface area contributed by atoms with E-state index in [1.54, 1.807) is 11.8 Å². The summed E-state index contributed by atoms with van der Waals surface area (Å²) in [4.78, 5) is 11.6. The van der Waals surface area contributed by atoms with Crippen LogP contribution in [0, 0.1) is 5.92 Å². The van der Waals surface area contributed by atoms with Gasteiger partial charge in [-0.15, -0.1) is 11.8 Å². The number of carbonyl (C=O) groups excluding carboxylic acids is 1. The maximum atomic E-state index is 11.6. The summed E-state index contributed by atoms with van der Waals surface area (Å²) in [5.74, 6) is 0.732. The lowest BCUT2D eigenvalue weighted by atomic mass is 10.1. The molecule has 0 aromatic carbocycles. The minimum absolute atomic E-state index is 0.0354. The molecule has 0 aliphatic carbocycles. The third kappa shape index (κ3) is 6.29. The molecule has 0 saturated carbocycles. The van der Waals surface area contributed by atoms with Gasteiger partial charge in [-0.2, -0.15) is 0 Å². The molecule has 4 nitrogen and oxygen atoms in total. The van der Waals surface area contributed by atoms with Crippen molar-refractivity contribution < 1.29 is 9.90 Å². The first kappa shape index (κ1) is 14.8. The summed E-state index contributed by atoms with van der Waals surface area (Å²) in [6, 6.07) is 0. The fraction of sp³-hybridized carbons (Fsp3) is 0.917. The van der Waals surface area contributed by atoms with E-state index in [1.165, 1.54) is 0 Å². The average molecular weight is 260 g/mol. The Kier molecular flexibility index (Phi) is 6.92. The van der Waals surface area contributed by atoms with Crippen LogP contribution >= 0.6 is 11.8 Å². The van der Waals surface area contributed by atoms with Crippen molar-refractivity contribution in [3.8, 4) is 0 Å². The highest BCUT2D eigenvalue weighted by atomic mass is 32.2. The van der Waals surface area contributed by atoms with Gasteiger partial charge >= 0.3 is 0 Å². The van der Waals surface area contributed by atoms with Gasteiger partial charge in [-0.3, -0.25) is 4.79 Å². The van der Waals surface area contributed by atoms with Crippen LogP contribution in [0.15, 0.2) is 0 Å². The predicted octanol–water partition coefficient (Wildman–Crippen LogP) is 0.605. The Bertz CT molecular complexity index is 231. The van der Waals surface area contributed by atoms with Crippen molar-refractivity contribution in [3.63, 3.8) is 0 Å². The second-order valence-electron chi connectivity index (χ2n) is 4.88. The summed E-state index contributed by atoms with van der Waals surface area (Å²) in [7, 11) is 0. The smallest absolute Gasteiger partial charge is 0.230 e. The molecule has 100 valence electrons. The lowest BCUT2D eigenvalue weighted by Crippen LogP contribution is -2.36. The molecular formula is C12H24N2O2S. The van der Waals surface area contributed by atoms with Gasteiger partial charge in [0.25, 0.3) is 0 Å². The molecule has 3 N–H and O–H groups in total. The van der Waals surface area contributed by atoms with Gasteiger partial charge in [-0.1, -0.05) is 13.8 Å². The zero-order valence-electron chi connectivity index (χ0n) is 10.7. The van der Waals surface area contributed by atoms with E-state index < -0.39 is 6.10 Å². The van der Waals surface area contributed by atoms with E-state index in [-0.39, 0.29) is 11.8 Å². The molecule has 0 aromatic rings. The van der Waals surface area contributed by atoms with Crippen LogP contribution < -0.4 is 10.6 Å². The van der Waals surface area contributed by atoms with Gasteiger partial charge in [-0.05, 0) is 31.8 Å². The minimum Gasteiger partial charge on any atom is -0.391 e. The monoisotopic (exact) mass is 260 g/mol. The highest BCUT2D eigenvalue weighted by Crippen LogP contribution is 2.19. The highest BCUT2D eigenvalue weighted by Gasteiger charge is 2.15. The number of hydrogen-bond acceptors (Lipinski definition) is 4. The van der Waals surface area contributed by atoms with Gasteiger partial charge in [0.2, 0.25) is 5.91 Å². The van der Waals surface area contributed by atoms with Gasteiger partial charge < -0.3 is 15.7 Å². The Morgan fingerprint density at radius 3 is 2.71 bits per heavy atom. The predicted molar refractivity (Wildman–Crippen MR) is 72.2 cm³/mol. The number of rotatable bonds is 6. The molecule has 1 saturated heterocycles. The van der Waals surface area contributed by atoms with E-state index in [2.05, 4.69) is 10.6 Å². The largest absolute Gasteiger partial charge is 0.391 e. The van der Waals surface area contributed by atoms with Gasteiger partial charge in [0.1, 0.15) is 0 Å². The summed E-state index contributed by atoms with van der Waals surface area (Å²) in [6.07, 6.45) is 1.85. The molecule has 1 fully saturated rings. The van der Waals surface area contributed by atoms with Crippen molar-refractivity contribution in [2.75, 3.05) is 25.4 Å². The van der Waals surface area contributed by atoms with Gasteiger partial charge in [0.05, 0.1) is 11.9 Å². The molecule has 1 aliphatic rings. The van der Waals surface area contributed by atoms with Crippen molar-refractivity contribution in [1.29, 1.82) is 0 Å². The highest BCUT2D eigenvalue weighted by molar-refractivity contribution is 8.00. The van der Waals surface area contributed by atoms with Crippen LogP contribution in [-0.2, 0) is 4.79 Å². The fourth-order valence-electron chi connectivity index (χ4n) is 1.66. The van der Waals surface area contributed by atoms with Crippen LogP contribution in [0.1, 0.15) is 26.7 Å². The van der Waals surface area contributed by atoms with Crippen molar-refractivity contribution in [2.45, 2.75) is 38.0 Å². The average Bonchev–Trinajstić information content (AvgIpc) is 2.34. The van der Waals surface area contributed by atoms with Crippen LogP contribution in [0.25, 0.3) is 0 Å². The first-order chi connectivity index (χ1) is 8.09. The number of piperidine rings is 1. The number of hydrogen-bond donors (Lipinski definition) is 3. The number of aliphatic hydroxyl groups excluding tert-OH is 1. The molecule has 1 atom stereocenters. The van der Waals surface area contributed by atoms with E-state index in [9.17, 15) is 9.90 Å². The molecule has 0 radical (unpaired) electrons. The topological polar surface area (TPSA) is 61.4 Å². The zero-order valence-corrected chi connectivity index (χ0v) is 11.6. The van der Waals surface area contributed by atoms with Crippen LogP contribution in [0.5, 0.6) is 0 Å². The molecule has 0 bridgehead atoms. The SMILES string of the molecule is CC(C)C(O)CNC(=O)CSC1CCNCC1. The van der Waals surface area contributed by atoms with Crippen molar-refractivity contribution in [1.82, 2.24) is 10.6 Å². The Morgan fingerprint density at radius 1 is 1.47 bits per heavy atom. The van der Waals surface area contributed by atoms with Crippen molar-refractivity contribution in [2.24, 2.45) is 5.92 Å². The maximum absolute atomic E-state index is 11.6. The van der Waals surface area contributed by atoms with Crippen LogP contribution in [-0.4, -0.2) is 47.8 Å². The second-order valence-corrected chi connectivity index (χ2v) is 6.16. The van der Waals surface area contributed by atoms with E-state index in [4.69, 9.17) is 0 Å². The third-order valence-corrected chi connectivity index (χ3v) is 4.39. The molecule has 1 amide bonds. The van der Waals surface area contributed by atoms with Crippen LogP contribution in [0.4, 0.5) is 0 Å². The number of nitrogens with one attached hydrogen (secondary N) is 2. The fourth-order valence-corrected chi connectivity index (χ4v) is 2.72. The number of carbonyl (C=O) groups is 1. The van der Waals surface area contributed by atoms with E-state index >= 15 is 0 Å². The quantitative estimate of drug-likeness (QED) is 0.655. The summed E-state index contributed by atoms with van der Waals surface area (Å²) in [5.41, 5.74) is 0. The molecule has 17 heavy (non-hydrogen) atoms. The van der Waals surface area contributed by atoms with Gasteiger partial charge in [0, 0.05) is 11.8 Å². The molecule has 1 heterocycles. The molecule has 0 spiro atoms. The first-order valence-corrected chi connectivity index (χ1v) is 7.41. The van der Waals surface area contributed by atoms with E-state index in [1.807, 2.05) is 13.8 Å². The molecular weight excluding hydrogens is 236 g/mol. The maximum Gasteiger partial charge on any atom is 0.230 e. The number of amides is 1. The van der Waals surface area contributed by atoms with E-state index in [0.717, 1.165) is 25.9 Å². The third-order valence-electron chi connectivity index (χ3n) is 3.01. The Balaban J connectivity index is 2.08. The zero-order chi connectivity index (χ0) is 12.7. The summed E-state index contributed by atoms with van der Waals surface area (Å²) in [5, 5.41) is 16.3. The van der Waals surface area contributed by atoms with Gasteiger partial charge in [-0.25, -0.2) is 0 Å². The molecule has 1 aliphatic heterocycles. The molecule has 0 aromatic heterocycles. The molecule has 1 unspecified atom stereocenters. The number of thioether (sulfide) groups is 1. The standard InChI is InChI=1S/C12H24N2O2S/c1-9(2)11(15)7-14-12(16)8-17-10-3-5-13-6-4-10/h9-11,13,15H,3-8H2,1-2H3,(H,14,16). The summed E-state index contributed by atoms with van der Waals surface area (Å²) in [6.45, 7) is 6.38. The first-order valence-electron chi connectivity index (χ1n) is 6.36. The van der Waals surface area contributed by atoms with Gasteiger partial charge in [0.15, 0.2) is 0 Å². The van der Waals surface area contributed by atoms with Crippen LogP contribution in [0.2, 0.25) is 0 Å². The van der Waals surface area contributed by atoms with Crippen molar-refractivity contribution >= 4 is 17.7 Å².